The van der Waals surface area contributed by atoms with Gasteiger partial charge in [-0.2, -0.15) is 0 Å². The highest BCUT2D eigenvalue weighted by molar-refractivity contribution is 8.00. The van der Waals surface area contributed by atoms with Gasteiger partial charge in [0.1, 0.15) is 0 Å². The van der Waals surface area contributed by atoms with Gasteiger partial charge in [0.2, 0.25) is 5.91 Å². The van der Waals surface area contributed by atoms with Gasteiger partial charge >= 0.3 is 0 Å². The van der Waals surface area contributed by atoms with Crippen LogP contribution in [0.4, 0.5) is 5.69 Å². The fourth-order valence-electron chi connectivity index (χ4n) is 3.04. The fourth-order valence-corrected chi connectivity index (χ4v) is 4.49. The molecule has 0 saturated heterocycles. The van der Waals surface area contributed by atoms with Gasteiger partial charge in [-0.05, 0) is 56.5 Å². The van der Waals surface area contributed by atoms with Crippen molar-refractivity contribution < 1.29 is 4.79 Å². The minimum atomic E-state index is -0.0243. The minimum absolute atomic E-state index is 0.0243. The summed E-state index contributed by atoms with van der Waals surface area (Å²) in [6.07, 6.45) is 5.20. The molecule has 1 fully saturated rings. The molecule has 0 bridgehead atoms. The molecule has 116 valence electrons. The maximum absolute atomic E-state index is 11.0. The summed E-state index contributed by atoms with van der Waals surface area (Å²) in [5.41, 5.74) is 0.868. The van der Waals surface area contributed by atoms with Gasteiger partial charge in [-0.15, -0.1) is 11.8 Å². The molecular formula is C17H26N2OS. The Balaban J connectivity index is 1.99. The van der Waals surface area contributed by atoms with Gasteiger partial charge in [-0.25, -0.2) is 0 Å². The summed E-state index contributed by atoms with van der Waals surface area (Å²) in [4.78, 5) is 12.3. The number of thioether (sulfide) groups is 1. The monoisotopic (exact) mass is 306 g/mol. The standard InChI is InChI=1S/C17H26N2OS/c1-4-13-5-10-16(18-3)17(11-13)21-15-8-6-14(7-9-15)19-12(2)20/h6-9,13,16-18H,4-5,10-11H2,1-3H3,(H,19,20). The summed E-state index contributed by atoms with van der Waals surface area (Å²) in [7, 11) is 2.07. The number of hydrogen-bond acceptors (Lipinski definition) is 3. The second kappa shape index (κ2) is 7.85. The van der Waals surface area contributed by atoms with E-state index >= 15 is 0 Å². The van der Waals surface area contributed by atoms with Gasteiger partial charge in [0.15, 0.2) is 0 Å². The molecular weight excluding hydrogens is 280 g/mol. The number of anilines is 1. The van der Waals surface area contributed by atoms with Crippen molar-refractivity contribution in [3.63, 3.8) is 0 Å². The van der Waals surface area contributed by atoms with Crippen LogP contribution in [0.15, 0.2) is 29.2 Å². The number of hydrogen-bond donors (Lipinski definition) is 2. The summed E-state index contributed by atoms with van der Waals surface area (Å²) in [6.45, 7) is 3.83. The van der Waals surface area contributed by atoms with Crippen molar-refractivity contribution in [1.29, 1.82) is 0 Å². The first-order valence-electron chi connectivity index (χ1n) is 7.84. The van der Waals surface area contributed by atoms with E-state index in [2.05, 4.69) is 36.7 Å². The third-order valence-corrected chi connectivity index (χ3v) is 5.68. The zero-order chi connectivity index (χ0) is 15.2. The van der Waals surface area contributed by atoms with E-state index in [0.29, 0.717) is 11.3 Å². The van der Waals surface area contributed by atoms with Crippen LogP contribution in [-0.2, 0) is 4.79 Å². The second-order valence-electron chi connectivity index (χ2n) is 5.84. The molecule has 0 aliphatic heterocycles. The molecule has 1 amide bonds. The molecule has 21 heavy (non-hydrogen) atoms. The second-order valence-corrected chi connectivity index (χ2v) is 7.16. The van der Waals surface area contributed by atoms with E-state index in [4.69, 9.17) is 0 Å². The maximum atomic E-state index is 11.0. The van der Waals surface area contributed by atoms with Crippen molar-refractivity contribution in [2.75, 3.05) is 12.4 Å². The molecule has 1 saturated carbocycles. The fraction of sp³-hybridized carbons (Fsp3) is 0.588. The number of rotatable bonds is 5. The van der Waals surface area contributed by atoms with Crippen molar-refractivity contribution >= 4 is 23.4 Å². The average Bonchev–Trinajstić information content (AvgIpc) is 2.48. The lowest BCUT2D eigenvalue weighted by atomic mass is 9.84. The number of nitrogens with one attached hydrogen (secondary N) is 2. The highest BCUT2D eigenvalue weighted by Gasteiger charge is 2.29. The van der Waals surface area contributed by atoms with Crippen LogP contribution in [0.5, 0.6) is 0 Å². The zero-order valence-corrected chi connectivity index (χ0v) is 14.0. The lowest BCUT2D eigenvalue weighted by molar-refractivity contribution is -0.114. The molecule has 2 rings (SSSR count). The van der Waals surface area contributed by atoms with Gasteiger partial charge in [0, 0.05) is 28.8 Å². The molecule has 3 nitrogen and oxygen atoms in total. The van der Waals surface area contributed by atoms with Gasteiger partial charge < -0.3 is 10.6 Å². The maximum Gasteiger partial charge on any atom is 0.221 e. The van der Waals surface area contributed by atoms with Crippen LogP contribution in [0.25, 0.3) is 0 Å². The molecule has 1 aliphatic rings. The Hall–Kier alpha value is -1.00. The van der Waals surface area contributed by atoms with E-state index in [1.54, 1.807) is 0 Å². The number of amides is 1. The highest BCUT2D eigenvalue weighted by atomic mass is 32.2. The molecule has 3 atom stereocenters. The van der Waals surface area contributed by atoms with E-state index in [1.165, 1.54) is 37.5 Å². The minimum Gasteiger partial charge on any atom is -0.326 e. The average molecular weight is 306 g/mol. The lowest BCUT2D eigenvalue weighted by Gasteiger charge is -2.35. The normalized spacial score (nSPS) is 25.6. The zero-order valence-electron chi connectivity index (χ0n) is 13.2. The summed E-state index contributed by atoms with van der Waals surface area (Å²) in [5, 5.41) is 6.93. The van der Waals surface area contributed by atoms with E-state index < -0.39 is 0 Å². The Morgan fingerprint density at radius 3 is 2.57 bits per heavy atom. The Labute approximate surface area is 132 Å². The quantitative estimate of drug-likeness (QED) is 0.867. The van der Waals surface area contributed by atoms with Gasteiger partial charge in [0.05, 0.1) is 0 Å². The van der Waals surface area contributed by atoms with Crippen molar-refractivity contribution in [3.05, 3.63) is 24.3 Å². The largest absolute Gasteiger partial charge is 0.326 e. The lowest BCUT2D eigenvalue weighted by Crippen LogP contribution is -2.40. The predicted octanol–water partition coefficient (Wildman–Crippen LogP) is 3.90. The smallest absolute Gasteiger partial charge is 0.221 e. The Morgan fingerprint density at radius 1 is 1.29 bits per heavy atom. The van der Waals surface area contributed by atoms with E-state index in [1.807, 2.05) is 23.9 Å². The molecule has 0 heterocycles. The Kier molecular flexibility index (Phi) is 6.12. The molecule has 4 heteroatoms. The van der Waals surface area contributed by atoms with Crippen LogP contribution in [0.3, 0.4) is 0 Å². The molecule has 1 aliphatic carbocycles. The summed E-state index contributed by atoms with van der Waals surface area (Å²) in [6, 6.07) is 8.79. The topological polar surface area (TPSA) is 41.1 Å². The third kappa shape index (κ3) is 4.75. The van der Waals surface area contributed by atoms with Gasteiger partial charge in [-0.3, -0.25) is 4.79 Å². The molecule has 2 N–H and O–H groups in total. The Morgan fingerprint density at radius 2 is 2.00 bits per heavy atom. The van der Waals surface area contributed by atoms with E-state index in [0.717, 1.165) is 11.6 Å². The summed E-state index contributed by atoms with van der Waals surface area (Å²) in [5.74, 6) is 0.842. The number of benzene rings is 1. The van der Waals surface area contributed by atoms with E-state index in [9.17, 15) is 4.79 Å². The van der Waals surface area contributed by atoms with Gasteiger partial charge in [0.25, 0.3) is 0 Å². The van der Waals surface area contributed by atoms with Crippen LogP contribution in [0, 0.1) is 5.92 Å². The highest BCUT2D eigenvalue weighted by Crippen LogP contribution is 2.37. The number of carbonyl (C=O) groups excluding carboxylic acids is 1. The molecule has 3 unspecified atom stereocenters. The molecule has 0 radical (unpaired) electrons. The van der Waals surface area contributed by atoms with E-state index in [-0.39, 0.29) is 5.91 Å². The molecule has 1 aromatic carbocycles. The molecule has 0 spiro atoms. The van der Waals surface area contributed by atoms with Crippen LogP contribution in [0.1, 0.15) is 39.5 Å². The first-order chi connectivity index (χ1) is 10.1. The SMILES string of the molecule is CCC1CCC(NC)C(Sc2ccc(NC(C)=O)cc2)C1. The van der Waals surface area contributed by atoms with Crippen molar-refractivity contribution in [2.45, 2.75) is 55.7 Å². The molecule has 0 aromatic heterocycles. The van der Waals surface area contributed by atoms with Crippen molar-refractivity contribution in [3.8, 4) is 0 Å². The first-order valence-corrected chi connectivity index (χ1v) is 8.72. The van der Waals surface area contributed by atoms with Crippen LogP contribution in [0.2, 0.25) is 0 Å². The Bertz CT molecular complexity index is 460. The summed E-state index contributed by atoms with van der Waals surface area (Å²) < 4.78 is 0. The molecule has 1 aromatic rings. The van der Waals surface area contributed by atoms with Crippen LogP contribution < -0.4 is 10.6 Å². The van der Waals surface area contributed by atoms with Crippen LogP contribution in [-0.4, -0.2) is 24.2 Å². The summed E-state index contributed by atoms with van der Waals surface area (Å²) >= 11 is 1.97. The van der Waals surface area contributed by atoms with Crippen LogP contribution >= 0.6 is 11.8 Å². The predicted molar refractivity (Wildman–Crippen MR) is 90.9 cm³/mol. The first kappa shape index (κ1) is 16.4. The van der Waals surface area contributed by atoms with Gasteiger partial charge in [-0.1, -0.05) is 13.3 Å². The van der Waals surface area contributed by atoms with Crippen molar-refractivity contribution in [1.82, 2.24) is 5.32 Å². The third-order valence-electron chi connectivity index (χ3n) is 4.31. The van der Waals surface area contributed by atoms with Crippen molar-refractivity contribution in [2.24, 2.45) is 5.92 Å². The number of carbonyl (C=O) groups is 1.